The zero-order valence-electron chi connectivity index (χ0n) is 15.6. The van der Waals surface area contributed by atoms with Crippen LogP contribution in [0.3, 0.4) is 0 Å². The van der Waals surface area contributed by atoms with Gasteiger partial charge in [0.25, 0.3) is 0 Å². The number of carboxylic acids is 1. The highest BCUT2D eigenvalue weighted by molar-refractivity contribution is 14.1. The van der Waals surface area contributed by atoms with Crippen molar-refractivity contribution in [2.24, 2.45) is 5.73 Å². The Balaban J connectivity index is 1.83. The Bertz CT molecular complexity index is 1110. The van der Waals surface area contributed by atoms with Crippen LogP contribution in [0.2, 0.25) is 0 Å². The van der Waals surface area contributed by atoms with Crippen LogP contribution >= 0.6 is 56.9 Å². The molecular weight excluding hydrogens is 630 g/mol. The predicted molar refractivity (Wildman–Crippen MR) is 133 cm³/mol. The van der Waals surface area contributed by atoms with E-state index in [9.17, 15) is 14.7 Å². The van der Waals surface area contributed by atoms with Gasteiger partial charge in [-0.15, -0.1) is 0 Å². The maximum atomic E-state index is 11.2. The molecule has 0 saturated heterocycles. The van der Waals surface area contributed by atoms with Gasteiger partial charge in [-0.1, -0.05) is 17.8 Å². The quantitative estimate of drug-likeness (QED) is 0.288. The third kappa shape index (κ3) is 5.99. The molecule has 5 N–H and O–H groups in total. The highest BCUT2D eigenvalue weighted by Gasteiger charge is 2.16. The van der Waals surface area contributed by atoms with Gasteiger partial charge < -0.3 is 20.9 Å². The van der Waals surface area contributed by atoms with Crippen molar-refractivity contribution in [2.45, 2.75) is 28.7 Å². The number of phenols is 1. The summed E-state index contributed by atoms with van der Waals surface area (Å²) in [6.45, 7) is 0. The topological polar surface area (TPSA) is 116 Å². The second kappa shape index (κ2) is 10.2. The fraction of sp³-hybridized carbons (Fsp3) is 0.143. The maximum absolute atomic E-state index is 11.2. The Hall–Kier alpha value is -1.57. The van der Waals surface area contributed by atoms with Crippen molar-refractivity contribution in [3.8, 4) is 5.75 Å². The van der Waals surface area contributed by atoms with Crippen molar-refractivity contribution in [1.82, 2.24) is 4.98 Å². The standard InChI is InChI=1S/C21H18I2N2O4S/c22-15-6-12(8-17(24)21(28)29)7-16(23)20(15)30-14-2-3-18(26)13(9-14)5-11-1-4-19(27)25-10-11/h1-4,6-7,9-10,17,26H,5,8,24H2,(H,25,27)(H,28,29). The lowest BCUT2D eigenvalue weighted by Crippen LogP contribution is -2.32. The average Bonchev–Trinajstić information content (AvgIpc) is 2.68. The van der Waals surface area contributed by atoms with Crippen LogP contribution in [0.15, 0.2) is 63.2 Å². The van der Waals surface area contributed by atoms with E-state index in [1.54, 1.807) is 30.1 Å². The Labute approximate surface area is 204 Å². The summed E-state index contributed by atoms with van der Waals surface area (Å²) in [7, 11) is 0. The number of phenolic OH excluding ortho intramolecular Hbond substituents is 1. The number of aromatic nitrogens is 1. The van der Waals surface area contributed by atoms with E-state index in [2.05, 4.69) is 50.2 Å². The van der Waals surface area contributed by atoms with E-state index in [0.717, 1.165) is 33.6 Å². The van der Waals surface area contributed by atoms with Gasteiger partial charge in [0.2, 0.25) is 5.56 Å². The zero-order chi connectivity index (χ0) is 21.8. The summed E-state index contributed by atoms with van der Waals surface area (Å²) >= 11 is 6.06. The number of nitrogens with one attached hydrogen (secondary N) is 1. The minimum absolute atomic E-state index is 0.163. The molecule has 3 aromatic rings. The number of aromatic hydroxyl groups is 1. The van der Waals surface area contributed by atoms with Crippen molar-refractivity contribution in [3.63, 3.8) is 0 Å². The molecular formula is C21H18I2N2O4S. The van der Waals surface area contributed by atoms with Gasteiger partial charge in [0.1, 0.15) is 11.8 Å². The van der Waals surface area contributed by atoms with E-state index in [1.807, 2.05) is 24.3 Å². The highest BCUT2D eigenvalue weighted by atomic mass is 127. The summed E-state index contributed by atoms with van der Waals surface area (Å²) in [4.78, 5) is 26.9. The van der Waals surface area contributed by atoms with Crippen LogP contribution < -0.4 is 11.3 Å². The van der Waals surface area contributed by atoms with Crippen molar-refractivity contribution < 1.29 is 15.0 Å². The molecule has 156 valence electrons. The summed E-state index contributed by atoms with van der Waals surface area (Å²) in [5.41, 5.74) is 8.04. The molecule has 0 aliphatic heterocycles. The first-order chi connectivity index (χ1) is 14.2. The molecule has 1 aromatic heterocycles. The molecule has 0 fully saturated rings. The number of hydrogen-bond donors (Lipinski definition) is 4. The second-order valence-corrected chi connectivity index (χ2v) is 10.1. The molecule has 0 bridgehead atoms. The Morgan fingerprint density at radius 2 is 1.80 bits per heavy atom. The lowest BCUT2D eigenvalue weighted by atomic mass is 10.1. The van der Waals surface area contributed by atoms with Crippen LogP contribution in [-0.2, 0) is 17.6 Å². The number of H-pyrrole nitrogens is 1. The average molecular weight is 648 g/mol. The Kier molecular flexibility index (Phi) is 7.82. The molecule has 0 saturated carbocycles. The van der Waals surface area contributed by atoms with Crippen molar-refractivity contribution in [3.05, 3.63) is 82.8 Å². The number of carboxylic acid groups (broad SMARTS) is 1. The smallest absolute Gasteiger partial charge is 0.320 e. The molecule has 0 radical (unpaired) electrons. The van der Waals surface area contributed by atoms with Crippen molar-refractivity contribution >= 4 is 62.9 Å². The SMILES string of the molecule is NC(Cc1cc(I)c(Sc2ccc(O)c(Cc3ccc(=O)[nH]c3)c2)c(I)c1)C(=O)O. The second-order valence-electron chi connectivity index (χ2n) is 6.67. The van der Waals surface area contributed by atoms with Crippen LogP contribution in [0.25, 0.3) is 0 Å². The van der Waals surface area contributed by atoms with Gasteiger partial charge in [-0.05, 0) is 98.6 Å². The maximum Gasteiger partial charge on any atom is 0.320 e. The number of pyridine rings is 1. The number of benzene rings is 2. The van der Waals surface area contributed by atoms with E-state index in [1.165, 1.54) is 6.07 Å². The van der Waals surface area contributed by atoms with E-state index in [-0.39, 0.29) is 17.7 Å². The largest absolute Gasteiger partial charge is 0.508 e. The highest BCUT2D eigenvalue weighted by Crippen LogP contribution is 2.37. The van der Waals surface area contributed by atoms with Gasteiger partial charge in [-0.2, -0.15) is 0 Å². The molecule has 2 aromatic carbocycles. The molecule has 1 atom stereocenters. The summed E-state index contributed by atoms with van der Waals surface area (Å²) in [5, 5.41) is 19.3. The number of aliphatic carboxylic acids is 1. The van der Waals surface area contributed by atoms with Gasteiger partial charge in [0.15, 0.2) is 0 Å². The number of aromatic amines is 1. The number of halogens is 2. The summed E-state index contributed by atoms with van der Waals surface area (Å²) in [5.74, 6) is -0.814. The molecule has 30 heavy (non-hydrogen) atoms. The van der Waals surface area contributed by atoms with Crippen LogP contribution in [0, 0.1) is 7.14 Å². The molecule has 9 heteroatoms. The molecule has 6 nitrogen and oxygen atoms in total. The normalized spacial score (nSPS) is 12.0. The monoisotopic (exact) mass is 648 g/mol. The van der Waals surface area contributed by atoms with Crippen LogP contribution in [-0.4, -0.2) is 27.2 Å². The molecule has 0 spiro atoms. The van der Waals surface area contributed by atoms with Crippen LogP contribution in [0.5, 0.6) is 5.75 Å². The Morgan fingerprint density at radius 3 is 2.40 bits per heavy atom. The third-order valence-corrected chi connectivity index (χ3v) is 7.91. The molecule has 0 aliphatic rings. The first kappa shape index (κ1) is 23.1. The predicted octanol–water partition coefficient (Wildman–Crippen LogP) is 3.99. The lowest BCUT2D eigenvalue weighted by molar-refractivity contribution is -0.138. The van der Waals surface area contributed by atoms with E-state index in [0.29, 0.717) is 6.42 Å². The number of nitrogens with two attached hydrogens (primary N) is 1. The fourth-order valence-corrected chi connectivity index (χ4v) is 6.27. The summed E-state index contributed by atoms with van der Waals surface area (Å²) < 4.78 is 2.01. The van der Waals surface area contributed by atoms with E-state index >= 15 is 0 Å². The molecule has 3 rings (SSSR count). The number of carbonyl (C=O) groups is 1. The summed E-state index contributed by atoms with van der Waals surface area (Å²) in [6, 6.07) is 11.6. The minimum atomic E-state index is -1.02. The minimum Gasteiger partial charge on any atom is -0.508 e. The Morgan fingerprint density at radius 1 is 1.10 bits per heavy atom. The first-order valence-corrected chi connectivity index (χ1v) is 11.8. The molecule has 0 amide bonds. The zero-order valence-corrected chi connectivity index (χ0v) is 20.7. The van der Waals surface area contributed by atoms with Gasteiger partial charge in [-0.25, -0.2) is 0 Å². The fourth-order valence-electron chi connectivity index (χ4n) is 2.83. The van der Waals surface area contributed by atoms with Gasteiger partial charge in [0.05, 0.1) is 0 Å². The van der Waals surface area contributed by atoms with Crippen molar-refractivity contribution in [2.75, 3.05) is 0 Å². The first-order valence-electron chi connectivity index (χ1n) is 8.86. The molecule has 1 heterocycles. The van der Waals surface area contributed by atoms with Gasteiger partial charge in [-0.3, -0.25) is 9.59 Å². The number of rotatable bonds is 7. The van der Waals surface area contributed by atoms with Gasteiger partial charge >= 0.3 is 5.97 Å². The van der Waals surface area contributed by atoms with E-state index < -0.39 is 12.0 Å². The van der Waals surface area contributed by atoms with Gasteiger partial charge in [0, 0.05) is 35.6 Å². The number of hydrogen-bond acceptors (Lipinski definition) is 5. The lowest BCUT2D eigenvalue weighted by Gasteiger charge is -2.13. The van der Waals surface area contributed by atoms with Crippen LogP contribution in [0.4, 0.5) is 0 Å². The third-order valence-electron chi connectivity index (χ3n) is 4.34. The van der Waals surface area contributed by atoms with Crippen LogP contribution in [0.1, 0.15) is 16.7 Å². The van der Waals surface area contributed by atoms with Crippen molar-refractivity contribution in [1.29, 1.82) is 0 Å². The van der Waals surface area contributed by atoms with E-state index in [4.69, 9.17) is 10.8 Å². The molecule has 0 aliphatic carbocycles. The molecule has 1 unspecified atom stereocenters. The summed E-state index contributed by atoms with van der Waals surface area (Å²) in [6.07, 6.45) is 2.42.